The predicted molar refractivity (Wildman–Crippen MR) is 116 cm³/mol. The third-order valence-corrected chi connectivity index (χ3v) is 5.74. The van der Waals surface area contributed by atoms with Crippen molar-refractivity contribution in [2.75, 3.05) is 26.7 Å². The van der Waals surface area contributed by atoms with Gasteiger partial charge in [-0.15, -0.1) is 5.10 Å². The molecule has 9 heteroatoms. The van der Waals surface area contributed by atoms with Crippen molar-refractivity contribution < 1.29 is 14.6 Å². The minimum absolute atomic E-state index is 0.0527. The van der Waals surface area contributed by atoms with E-state index in [9.17, 15) is 9.90 Å². The van der Waals surface area contributed by atoms with E-state index in [2.05, 4.69) is 34.2 Å². The number of hydrogen-bond donors (Lipinski definition) is 1. The summed E-state index contributed by atoms with van der Waals surface area (Å²) in [5.74, 6) is 0.130. The van der Waals surface area contributed by atoms with Gasteiger partial charge in [0.1, 0.15) is 5.69 Å². The average Bonchev–Trinajstić information content (AvgIpc) is 3.22. The molecule has 0 spiro atoms. The van der Waals surface area contributed by atoms with Crippen LogP contribution >= 0.6 is 0 Å². The molecule has 3 rings (SSSR count). The molecule has 0 aromatic carbocycles. The lowest BCUT2D eigenvalue weighted by molar-refractivity contribution is -0.136. The molecule has 0 aliphatic carbocycles. The number of ether oxygens (including phenoxy) is 1. The fourth-order valence-electron chi connectivity index (χ4n) is 3.86. The smallest absolute Gasteiger partial charge is 0.222 e. The third-order valence-electron chi connectivity index (χ3n) is 5.74. The maximum absolute atomic E-state index is 12.9. The summed E-state index contributed by atoms with van der Waals surface area (Å²) in [6.07, 6.45) is 6.47. The summed E-state index contributed by atoms with van der Waals surface area (Å²) in [4.78, 5) is 21.0. The Bertz CT molecular complexity index is 815. The van der Waals surface area contributed by atoms with Gasteiger partial charge in [-0.1, -0.05) is 12.1 Å². The number of aromatic nitrogens is 4. The Balaban J connectivity index is 1.76. The molecule has 0 fully saturated rings. The monoisotopic (exact) mass is 430 g/mol. The molecule has 1 amide bonds. The second kappa shape index (κ2) is 11.3. The Kier molecular flexibility index (Phi) is 8.51. The van der Waals surface area contributed by atoms with Crippen molar-refractivity contribution in [3.05, 3.63) is 42.0 Å². The van der Waals surface area contributed by atoms with Crippen LogP contribution in [0.4, 0.5) is 0 Å². The van der Waals surface area contributed by atoms with Crippen molar-refractivity contribution in [2.24, 2.45) is 5.92 Å². The van der Waals surface area contributed by atoms with Crippen LogP contribution in [0.15, 0.2) is 30.7 Å². The fraction of sp³-hybridized carbons (Fsp3) is 0.636. The lowest BCUT2D eigenvalue weighted by Crippen LogP contribution is -2.47. The summed E-state index contributed by atoms with van der Waals surface area (Å²) in [5.41, 5.74) is 1.98. The van der Waals surface area contributed by atoms with Crippen molar-refractivity contribution in [3.8, 4) is 0 Å². The van der Waals surface area contributed by atoms with Gasteiger partial charge in [-0.3, -0.25) is 19.4 Å². The Labute approximate surface area is 184 Å². The standard InChI is InChI=1S/C22H34N6O3/c1-17-11-28(18(2)15-29)22(30)5-4-10-27-13-20(24-25-27)16-31-21(17)14-26(3)12-19-6-8-23-9-7-19/h6-9,13,17-18,21,29H,4-5,10-12,14-16H2,1-3H3/t17-,18-,21-/m1/s1. The Morgan fingerprint density at radius 2 is 2.13 bits per heavy atom. The number of likely N-dealkylation sites (N-methyl/N-ethyl adjacent to an activating group) is 1. The van der Waals surface area contributed by atoms with Gasteiger partial charge in [0.2, 0.25) is 5.91 Å². The topological polar surface area (TPSA) is 96.6 Å². The number of nitrogens with zero attached hydrogens (tertiary/aromatic N) is 6. The molecule has 0 saturated carbocycles. The Morgan fingerprint density at radius 1 is 1.35 bits per heavy atom. The molecule has 0 saturated heterocycles. The van der Waals surface area contributed by atoms with Crippen LogP contribution in [0.25, 0.3) is 0 Å². The summed E-state index contributed by atoms with van der Waals surface area (Å²) in [6.45, 7) is 6.96. The summed E-state index contributed by atoms with van der Waals surface area (Å²) in [7, 11) is 2.06. The van der Waals surface area contributed by atoms with Gasteiger partial charge in [0.15, 0.2) is 0 Å². The zero-order chi connectivity index (χ0) is 22.2. The third kappa shape index (κ3) is 6.81. The van der Waals surface area contributed by atoms with Crippen molar-refractivity contribution in [2.45, 2.75) is 58.5 Å². The summed E-state index contributed by atoms with van der Waals surface area (Å²) >= 11 is 0. The first-order valence-electron chi connectivity index (χ1n) is 10.9. The molecule has 3 atom stereocenters. The van der Waals surface area contributed by atoms with Gasteiger partial charge in [0, 0.05) is 50.9 Å². The van der Waals surface area contributed by atoms with Crippen LogP contribution in [0.5, 0.6) is 0 Å². The highest BCUT2D eigenvalue weighted by Crippen LogP contribution is 2.18. The van der Waals surface area contributed by atoms with Crippen LogP contribution in [0, 0.1) is 5.92 Å². The van der Waals surface area contributed by atoms with Gasteiger partial charge in [0.25, 0.3) is 0 Å². The molecule has 0 radical (unpaired) electrons. The molecule has 3 heterocycles. The SMILES string of the molecule is C[C@@H]1CN([C@H](C)CO)C(=O)CCCn2cc(nn2)CO[C@@H]1CN(C)Cc1ccncc1. The van der Waals surface area contributed by atoms with Crippen LogP contribution in [0.1, 0.15) is 37.9 Å². The lowest BCUT2D eigenvalue weighted by atomic mass is 10.0. The number of carbonyl (C=O) groups is 1. The molecule has 170 valence electrons. The number of aryl methyl sites for hydroxylation is 1. The molecule has 9 nitrogen and oxygen atoms in total. The van der Waals surface area contributed by atoms with Crippen LogP contribution in [-0.4, -0.2) is 79.7 Å². The maximum Gasteiger partial charge on any atom is 0.222 e. The number of fused-ring (bicyclic) bond motifs is 2. The molecular formula is C22H34N6O3. The molecule has 31 heavy (non-hydrogen) atoms. The van der Waals surface area contributed by atoms with E-state index in [1.54, 1.807) is 22.0 Å². The number of hydrogen-bond acceptors (Lipinski definition) is 7. The zero-order valence-corrected chi connectivity index (χ0v) is 18.7. The van der Waals surface area contributed by atoms with Crippen molar-refractivity contribution in [1.29, 1.82) is 0 Å². The molecule has 1 aliphatic rings. The van der Waals surface area contributed by atoms with Crippen molar-refractivity contribution in [3.63, 3.8) is 0 Å². The normalized spacial score (nSPS) is 22.0. The number of carbonyl (C=O) groups excluding carboxylic acids is 1. The van der Waals surface area contributed by atoms with E-state index in [1.807, 2.05) is 25.3 Å². The molecule has 1 N–H and O–H groups in total. The minimum atomic E-state index is -0.229. The predicted octanol–water partition coefficient (Wildman–Crippen LogP) is 1.33. The molecular weight excluding hydrogens is 396 g/mol. The minimum Gasteiger partial charge on any atom is -0.394 e. The highest BCUT2D eigenvalue weighted by Gasteiger charge is 2.28. The molecule has 2 aromatic heterocycles. The van der Waals surface area contributed by atoms with E-state index in [4.69, 9.17) is 4.74 Å². The number of amides is 1. The summed E-state index contributed by atoms with van der Waals surface area (Å²) in [6, 6.07) is 3.78. The van der Waals surface area contributed by atoms with E-state index in [-0.39, 0.29) is 30.6 Å². The number of aliphatic hydroxyl groups is 1. The Morgan fingerprint density at radius 3 is 2.87 bits per heavy atom. The van der Waals surface area contributed by atoms with E-state index in [1.165, 1.54) is 5.56 Å². The molecule has 2 bridgehead atoms. The van der Waals surface area contributed by atoms with Crippen LogP contribution < -0.4 is 0 Å². The maximum atomic E-state index is 12.9. The van der Waals surface area contributed by atoms with Gasteiger partial charge < -0.3 is 14.7 Å². The zero-order valence-electron chi connectivity index (χ0n) is 18.7. The lowest BCUT2D eigenvalue weighted by Gasteiger charge is -2.35. The fourth-order valence-corrected chi connectivity index (χ4v) is 3.86. The van der Waals surface area contributed by atoms with E-state index in [0.717, 1.165) is 12.2 Å². The van der Waals surface area contributed by atoms with Crippen LogP contribution in [0.3, 0.4) is 0 Å². The summed E-state index contributed by atoms with van der Waals surface area (Å²) in [5, 5.41) is 18.1. The first-order chi connectivity index (χ1) is 15.0. The van der Waals surface area contributed by atoms with Crippen LogP contribution in [-0.2, 0) is 29.2 Å². The van der Waals surface area contributed by atoms with Gasteiger partial charge in [-0.2, -0.15) is 0 Å². The highest BCUT2D eigenvalue weighted by molar-refractivity contribution is 5.76. The summed E-state index contributed by atoms with van der Waals surface area (Å²) < 4.78 is 8.06. The van der Waals surface area contributed by atoms with Gasteiger partial charge in [-0.05, 0) is 38.1 Å². The quantitative estimate of drug-likeness (QED) is 0.738. The Hall–Kier alpha value is -2.36. The molecule has 2 aromatic rings. The second-order valence-corrected chi connectivity index (χ2v) is 8.53. The number of rotatable bonds is 6. The van der Waals surface area contributed by atoms with Crippen LogP contribution in [0.2, 0.25) is 0 Å². The average molecular weight is 431 g/mol. The largest absolute Gasteiger partial charge is 0.394 e. The van der Waals surface area contributed by atoms with Gasteiger partial charge in [0.05, 0.1) is 31.6 Å². The first kappa shape index (κ1) is 23.3. The van der Waals surface area contributed by atoms with E-state index >= 15 is 0 Å². The van der Waals surface area contributed by atoms with Gasteiger partial charge in [-0.25, -0.2) is 0 Å². The van der Waals surface area contributed by atoms with Crippen molar-refractivity contribution in [1.82, 2.24) is 29.8 Å². The number of pyridine rings is 1. The van der Waals surface area contributed by atoms with E-state index < -0.39 is 0 Å². The van der Waals surface area contributed by atoms with E-state index in [0.29, 0.717) is 39.1 Å². The number of aliphatic hydroxyl groups excluding tert-OH is 1. The molecule has 1 aliphatic heterocycles. The van der Waals surface area contributed by atoms with Gasteiger partial charge >= 0.3 is 0 Å². The van der Waals surface area contributed by atoms with Crippen molar-refractivity contribution >= 4 is 5.91 Å². The molecule has 0 unspecified atom stereocenters. The first-order valence-corrected chi connectivity index (χ1v) is 10.9. The second-order valence-electron chi connectivity index (χ2n) is 8.53. The highest BCUT2D eigenvalue weighted by atomic mass is 16.5.